The molecule has 35 heavy (non-hydrogen) atoms. The van der Waals surface area contributed by atoms with Crippen molar-refractivity contribution in [2.24, 2.45) is 17.8 Å². The molecule has 0 saturated carbocycles. The fourth-order valence-corrected chi connectivity index (χ4v) is 5.30. The monoisotopic (exact) mass is 472 g/mol. The van der Waals surface area contributed by atoms with Gasteiger partial charge in [0.15, 0.2) is 0 Å². The number of anilines is 2. The number of carbonyl (C=O) groups is 4. The first-order valence-corrected chi connectivity index (χ1v) is 12.0. The van der Waals surface area contributed by atoms with E-state index in [-0.39, 0.29) is 48.3 Å². The van der Waals surface area contributed by atoms with Crippen molar-refractivity contribution in [3.63, 3.8) is 0 Å². The van der Waals surface area contributed by atoms with Gasteiger partial charge in [-0.3, -0.25) is 19.2 Å². The van der Waals surface area contributed by atoms with Gasteiger partial charge in [-0.2, -0.15) is 0 Å². The molecule has 0 spiro atoms. The number of carbonyl (C=O) groups excluding carboxylic acids is 4. The molecule has 7 nitrogen and oxygen atoms in total. The van der Waals surface area contributed by atoms with Crippen LogP contribution in [0.5, 0.6) is 5.75 Å². The van der Waals surface area contributed by atoms with Crippen LogP contribution >= 0.6 is 0 Å². The minimum absolute atomic E-state index is 0.0741. The van der Waals surface area contributed by atoms with E-state index in [0.29, 0.717) is 18.5 Å². The van der Waals surface area contributed by atoms with Crippen molar-refractivity contribution in [3.8, 4) is 5.75 Å². The van der Waals surface area contributed by atoms with E-state index in [1.165, 1.54) is 4.90 Å². The van der Waals surface area contributed by atoms with E-state index in [0.717, 1.165) is 22.4 Å². The number of amides is 3. The molecule has 180 valence electrons. The molecule has 2 fully saturated rings. The molecule has 0 unspecified atom stereocenters. The van der Waals surface area contributed by atoms with Crippen LogP contribution < -0.4 is 14.5 Å². The number of nitrogens with zero attached hydrogens (tertiary/aromatic N) is 2. The van der Waals surface area contributed by atoms with Crippen LogP contribution in [0.1, 0.15) is 37.3 Å². The number of imide groups is 1. The molecule has 2 aliphatic heterocycles. The summed E-state index contributed by atoms with van der Waals surface area (Å²) < 4.78 is 5.61. The van der Waals surface area contributed by atoms with Gasteiger partial charge in [-0.05, 0) is 62.9 Å². The second-order valence-corrected chi connectivity index (χ2v) is 9.76. The van der Waals surface area contributed by atoms with Gasteiger partial charge in [0.25, 0.3) is 0 Å². The van der Waals surface area contributed by atoms with Crippen LogP contribution in [-0.2, 0) is 19.2 Å². The topological polar surface area (TPSA) is 84.0 Å². The lowest BCUT2D eigenvalue weighted by atomic mass is 9.82. The standard InChI is InChI=1S/C28H28N2O5/c1-16-10-11-22-23(12-16)27(33)30(26(22)32)20-7-5-8-21(14-20)35-28(34)19-13-25(31)29(15-19)24-9-4-6-17(2)18(24)3/h4-10,14,19,22-23H,11-13,15H2,1-3H3/t19-,22+,23-/m1/s1. The summed E-state index contributed by atoms with van der Waals surface area (Å²) in [6.07, 6.45) is 3.26. The van der Waals surface area contributed by atoms with Crippen molar-refractivity contribution in [1.82, 2.24) is 0 Å². The second kappa shape index (κ2) is 8.80. The molecular weight excluding hydrogens is 444 g/mol. The van der Waals surface area contributed by atoms with E-state index >= 15 is 0 Å². The predicted molar refractivity (Wildman–Crippen MR) is 131 cm³/mol. The molecule has 0 bridgehead atoms. The maximum atomic E-state index is 13.0. The van der Waals surface area contributed by atoms with Crippen LogP contribution in [0.2, 0.25) is 0 Å². The van der Waals surface area contributed by atoms with Crippen LogP contribution in [-0.4, -0.2) is 30.2 Å². The van der Waals surface area contributed by atoms with Gasteiger partial charge in [0, 0.05) is 24.7 Å². The number of fused-ring (bicyclic) bond motifs is 1. The van der Waals surface area contributed by atoms with Gasteiger partial charge in [0.05, 0.1) is 23.4 Å². The highest BCUT2D eigenvalue weighted by molar-refractivity contribution is 6.22. The molecule has 2 aromatic carbocycles. The van der Waals surface area contributed by atoms with Gasteiger partial charge in [0.1, 0.15) is 5.75 Å². The van der Waals surface area contributed by atoms with Gasteiger partial charge >= 0.3 is 5.97 Å². The highest BCUT2D eigenvalue weighted by Gasteiger charge is 2.48. The van der Waals surface area contributed by atoms with Crippen molar-refractivity contribution < 1.29 is 23.9 Å². The number of benzene rings is 2. The van der Waals surface area contributed by atoms with Crippen molar-refractivity contribution in [1.29, 1.82) is 0 Å². The fourth-order valence-electron chi connectivity index (χ4n) is 5.30. The Kier molecular flexibility index (Phi) is 5.79. The predicted octanol–water partition coefficient (Wildman–Crippen LogP) is 4.11. The average molecular weight is 473 g/mol. The third-order valence-electron chi connectivity index (χ3n) is 7.44. The Morgan fingerprint density at radius 2 is 1.69 bits per heavy atom. The summed E-state index contributed by atoms with van der Waals surface area (Å²) in [5.41, 5.74) is 4.42. The van der Waals surface area contributed by atoms with E-state index < -0.39 is 11.9 Å². The zero-order chi connectivity index (χ0) is 24.9. The number of rotatable bonds is 4. The van der Waals surface area contributed by atoms with Gasteiger partial charge in [0.2, 0.25) is 17.7 Å². The van der Waals surface area contributed by atoms with Crippen LogP contribution in [0.15, 0.2) is 54.1 Å². The summed E-state index contributed by atoms with van der Waals surface area (Å²) in [5, 5.41) is 0. The lowest BCUT2D eigenvalue weighted by Gasteiger charge is -2.20. The molecule has 2 saturated heterocycles. The molecule has 0 radical (unpaired) electrons. The third kappa shape index (κ3) is 4.05. The first-order chi connectivity index (χ1) is 16.7. The maximum Gasteiger partial charge on any atom is 0.316 e. The Hall–Kier alpha value is -3.74. The summed E-state index contributed by atoms with van der Waals surface area (Å²) in [6, 6.07) is 12.3. The quantitative estimate of drug-likeness (QED) is 0.289. The van der Waals surface area contributed by atoms with E-state index in [4.69, 9.17) is 4.74 Å². The molecule has 3 amide bonds. The van der Waals surface area contributed by atoms with Crippen LogP contribution in [0, 0.1) is 31.6 Å². The first kappa shape index (κ1) is 23.0. The molecule has 1 aliphatic carbocycles. The lowest BCUT2D eigenvalue weighted by molar-refractivity contribution is -0.139. The molecule has 7 heteroatoms. The summed E-state index contributed by atoms with van der Waals surface area (Å²) in [7, 11) is 0. The molecule has 5 rings (SSSR count). The Morgan fingerprint density at radius 1 is 0.943 bits per heavy atom. The molecule has 2 heterocycles. The third-order valence-corrected chi connectivity index (χ3v) is 7.44. The molecule has 0 N–H and O–H groups in total. The Balaban J connectivity index is 1.30. The fraction of sp³-hybridized carbons (Fsp3) is 0.357. The van der Waals surface area contributed by atoms with Gasteiger partial charge in [-0.1, -0.05) is 29.8 Å². The van der Waals surface area contributed by atoms with Gasteiger partial charge < -0.3 is 9.64 Å². The van der Waals surface area contributed by atoms with Gasteiger partial charge in [-0.15, -0.1) is 0 Å². The number of aryl methyl sites for hydroxylation is 1. The second-order valence-electron chi connectivity index (χ2n) is 9.76. The Morgan fingerprint density at radius 3 is 2.49 bits per heavy atom. The summed E-state index contributed by atoms with van der Waals surface area (Å²) >= 11 is 0. The lowest BCUT2D eigenvalue weighted by Crippen LogP contribution is -2.31. The number of ether oxygens (including phenoxy) is 1. The number of allylic oxidation sites excluding steroid dienone is 2. The molecular formula is C28H28N2O5. The van der Waals surface area contributed by atoms with Crippen molar-refractivity contribution in [2.75, 3.05) is 16.3 Å². The van der Waals surface area contributed by atoms with Crippen LogP contribution in [0.3, 0.4) is 0 Å². The van der Waals surface area contributed by atoms with Crippen molar-refractivity contribution >= 4 is 35.1 Å². The largest absolute Gasteiger partial charge is 0.426 e. The summed E-state index contributed by atoms with van der Waals surface area (Å²) in [6.45, 7) is 6.18. The van der Waals surface area contributed by atoms with Crippen LogP contribution in [0.4, 0.5) is 11.4 Å². The van der Waals surface area contributed by atoms with Crippen molar-refractivity contribution in [2.45, 2.75) is 40.0 Å². The van der Waals surface area contributed by atoms with E-state index in [9.17, 15) is 19.2 Å². The highest BCUT2D eigenvalue weighted by Crippen LogP contribution is 2.40. The molecule has 2 aromatic rings. The average Bonchev–Trinajstić information content (AvgIpc) is 3.33. The summed E-state index contributed by atoms with van der Waals surface area (Å²) in [5.74, 6) is -2.06. The van der Waals surface area contributed by atoms with E-state index in [1.54, 1.807) is 29.2 Å². The van der Waals surface area contributed by atoms with Crippen molar-refractivity contribution in [3.05, 3.63) is 65.2 Å². The van der Waals surface area contributed by atoms with Crippen LogP contribution in [0.25, 0.3) is 0 Å². The zero-order valence-electron chi connectivity index (χ0n) is 20.1. The minimum atomic E-state index is -0.599. The number of hydrogen-bond acceptors (Lipinski definition) is 5. The summed E-state index contributed by atoms with van der Waals surface area (Å²) in [4.78, 5) is 54.5. The number of esters is 1. The van der Waals surface area contributed by atoms with E-state index in [1.807, 2.05) is 45.0 Å². The zero-order valence-corrected chi connectivity index (χ0v) is 20.1. The van der Waals surface area contributed by atoms with E-state index in [2.05, 4.69) is 0 Å². The Bertz CT molecular complexity index is 1280. The normalized spacial score (nSPS) is 24.0. The minimum Gasteiger partial charge on any atom is -0.426 e. The molecule has 3 aliphatic rings. The SMILES string of the molecule is CC1=CC[C@@H]2C(=O)N(c3cccc(OC(=O)[C@@H]4CC(=O)N(c5cccc(C)c5C)C4)c3)C(=O)[C@@H]2C1. The maximum absolute atomic E-state index is 13.0. The first-order valence-electron chi connectivity index (χ1n) is 12.0. The highest BCUT2D eigenvalue weighted by atomic mass is 16.5. The number of hydrogen-bond donors (Lipinski definition) is 0. The molecule has 3 atom stereocenters. The van der Waals surface area contributed by atoms with Gasteiger partial charge in [-0.25, -0.2) is 4.90 Å². The molecule has 0 aromatic heterocycles. The Labute approximate surface area is 204 Å². The smallest absolute Gasteiger partial charge is 0.316 e.